The van der Waals surface area contributed by atoms with Gasteiger partial charge in [0.05, 0.1) is 35.8 Å². The van der Waals surface area contributed by atoms with Crippen molar-refractivity contribution in [3.63, 3.8) is 0 Å². The second kappa shape index (κ2) is 10.4. The number of carbonyl (C=O) groups excluding carboxylic acids is 1. The number of hydrogen-bond acceptors (Lipinski definition) is 7. The first-order valence-electron chi connectivity index (χ1n) is 10.5. The van der Waals surface area contributed by atoms with Crippen molar-refractivity contribution in [2.24, 2.45) is 0 Å². The molecule has 1 amide bonds. The van der Waals surface area contributed by atoms with Crippen molar-refractivity contribution in [3.8, 4) is 11.5 Å². The lowest BCUT2D eigenvalue weighted by Crippen LogP contribution is -2.27. The number of nitrogens with one attached hydrogen (secondary N) is 2. The third kappa shape index (κ3) is 5.87. The average Bonchev–Trinajstić information content (AvgIpc) is 2.83. The van der Waals surface area contributed by atoms with Crippen LogP contribution in [0.15, 0.2) is 65.6 Å². The lowest BCUT2D eigenvalue weighted by molar-refractivity contribution is -0.384. The summed E-state index contributed by atoms with van der Waals surface area (Å²) in [5, 5.41) is 13.9. The van der Waals surface area contributed by atoms with Gasteiger partial charge in [-0.25, -0.2) is 8.42 Å². The van der Waals surface area contributed by atoms with Crippen LogP contribution >= 0.6 is 0 Å². The van der Waals surface area contributed by atoms with Crippen molar-refractivity contribution in [1.82, 2.24) is 5.32 Å². The highest BCUT2D eigenvalue weighted by molar-refractivity contribution is 7.92. The third-order valence-electron chi connectivity index (χ3n) is 5.24. The first kappa shape index (κ1) is 25.5. The van der Waals surface area contributed by atoms with Gasteiger partial charge in [0, 0.05) is 23.3 Å². The van der Waals surface area contributed by atoms with Gasteiger partial charge in [-0.3, -0.25) is 19.6 Å². The Kier molecular flexibility index (Phi) is 7.60. The highest BCUT2D eigenvalue weighted by Gasteiger charge is 2.21. The minimum Gasteiger partial charge on any atom is -0.496 e. The molecule has 3 aromatic rings. The molecule has 2 N–H and O–H groups in total. The van der Waals surface area contributed by atoms with E-state index >= 15 is 0 Å². The molecule has 35 heavy (non-hydrogen) atoms. The molecule has 1 atom stereocenters. The van der Waals surface area contributed by atoms with E-state index < -0.39 is 26.9 Å². The molecule has 3 aromatic carbocycles. The smallest absolute Gasteiger partial charge is 0.271 e. The molecule has 0 aliphatic carbocycles. The topological polar surface area (TPSA) is 137 Å². The number of anilines is 1. The molecule has 0 aliphatic heterocycles. The van der Waals surface area contributed by atoms with Crippen molar-refractivity contribution in [2.75, 3.05) is 18.9 Å². The van der Waals surface area contributed by atoms with E-state index in [1.807, 2.05) is 25.1 Å². The number of rotatable bonds is 9. The van der Waals surface area contributed by atoms with Crippen molar-refractivity contribution in [1.29, 1.82) is 0 Å². The Bertz CT molecular complexity index is 1370. The summed E-state index contributed by atoms with van der Waals surface area (Å²) in [7, 11) is -1.34. The minimum atomic E-state index is -4.19. The number of nitro groups is 1. The zero-order valence-corrected chi connectivity index (χ0v) is 20.4. The molecule has 0 saturated heterocycles. The molecular formula is C24H25N3O7S. The van der Waals surface area contributed by atoms with Crippen LogP contribution < -0.4 is 19.5 Å². The van der Waals surface area contributed by atoms with E-state index in [4.69, 9.17) is 9.47 Å². The van der Waals surface area contributed by atoms with Crippen LogP contribution in [0.2, 0.25) is 0 Å². The molecule has 0 aromatic heterocycles. The van der Waals surface area contributed by atoms with Crippen LogP contribution in [0.3, 0.4) is 0 Å². The van der Waals surface area contributed by atoms with Crippen LogP contribution in [0, 0.1) is 17.0 Å². The Balaban J connectivity index is 1.86. The van der Waals surface area contributed by atoms with Crippen LogP contribution in [0.1, 0.15) is 34.5 Å². The molecular weight excluding hydrogens is 474 g/mol. The summed E-state index contributed by atoms with van der Waals surface area (Å²) in [6.07, 6.45) is 0. The van der Waals surface area contributed by atoms with Gasteiger partial charge in [0.15, 0.2) is 0 Å². The van der Waals surface area contributed by atoms with Gasteiger partial charge in [-0.1, -0.05) is 23.8 Å². The first-order chi connectivity index (χ1) is 16.6. The zero-order chi connectivity index (χ0) is 25.8. The van der Waals surface area contributed by atoms with Gasteiger partial charge in [0.2, 0.25) is 0 Å². The summed E-state index contributed by atoms with van der Waals surface area (Å²) in [6, 6.07) is 14.2. The number of sulfonamides is 1. The van der Waals surface area contributed by atoms with E-state index in [0.717, 1.165) is 17.2 Å². The van der Waals surface area contributed by atoms with E-state index in [0.29, 0.717) is 5.75 Å². The highest BCUT2D eigenvalue weighted by atomic mass is 32.2. The largest absolute Gasteiger partial charge is 0.496 e. The Morgan fingerprint density at radius 3 is 2.34 bits per heavy atom. The maximum atomic E-state index is 13.0. The van der Waals surface area contributed by atoms with Gasteiger partial charge in [-0.15, -0.1) is 0 Å². The second-order valence-corrected chi connectivity index (χ2v) is 9.40. The number of amides is 1. The van der Waals surface area contributed by atoms with E-state index in [2.05, 4.69) is 10.0 Å². The Hall–Kier alpha value is -4.12. The molecule has 10 nitrogen and oxygen atoms in total. The van der Waals surface area contributed by atoms with Crippen LogP contribution in [-0.2, 0) is 10.0 Å². The fraction of sp³-hybridized carbons (Fsp3) is 0.208. The summed E-state index contributed by atoms with van der Waals surface area (Å²) < 4.78 is 38.8. The molecule has 3 rings (SSSR count). The summed E-state index contributed by atoms with van der Waals surface area (Å²) in [5.74, 6) is 0.245. The maximum absolute atomic E-state index is 13.0. The summed E-state index contributed by atoms with van der Waals surface area (Å²) in [6.45, 7) is 3.72. The number of carbonyl (C=O) groups is 1. The molecule has 0 bridgehead atoms. The van der Waals surface area contributed by atoms with Gasteiger partial charge in [-0.2, -0.15) is 0 Å². The molecule has 1 unspecified atom stereocenters. The highest BCUT2D eigenvalue weighted by Crippen LogP contribution is 2.31. The van der Waals surface area contributed by atoms with Crippen LogP contribution in [0.4, 0.5) is 11.4 Å². The number of hydrogen-bond donors (Lipinski definition) is 2. The molecule has 0 saturated carbocycles. The molecule has 0 fully saturated rings. The predicted octanol–water partition coefficient (Wildman–Crippen LogP) is 4.21. The molecule has 0 spiro atoms. The molecule has 11 heteroatoms. The van der Waals surface area contributed by atoms with E-state index in [-0.39, 0.29) is 27.6 Å². The van der Waals surface area contributed by atoms with E-state index in [1.165, 1.54) is 43.5 Å². The van der Waals surface area contributed by atoms with Crippen molar-refractivity contribution in [3.05, 3.63) is 87.5 Å². The fourth-order valence-corrected chi connectivity index (χ4v) is 4.55. The van der Waals surface area contributed by atoms with Crippen LogP contribution in [-0.4, -0.2) is 33.5 Å². The lowest BCUT2D eigenvalue weighted by Gasteiger charge is -2.18. The molecule has 0 aliphatic rings. The number of non-ortho nitro benzene ring substituents is 1. The predicted molar refractivity (Wildman–Crippen MR) is 131 cm³/mol. The van der Waals surface area contributed by atoms with Crippen molar-refractivity contribution < 1.29 is 27.6 Å². The number of nitro benzene ring substituents is 1. The molecule has 184 valence electrons. The number of methoxy groups -OCH3 is 2. The second-order valence-electron chi connectivity index (χ2n) is 7.72. The summed E-state index contributed by atoms with van der Waals surface area (Å²) in [5.41, 5.74) is 1.49. The number of ether oxygens (including phenoxy) is 2. The standard InChI is InChI=1S/C24H25N3O7S/c1-15-8-10-22(33-3)20(12-15)16(2)25-24(28)17-6-5-7-19(13-17)35(31,32)26-21-14-18(27(29)30)9-11-23(21)34-4/h5-14,16,26H,1-4H3,(H,25,28). The normalized spacial score (nSPS) is 11.9. The molecule has 0 heterocycles. The Morgan fingerprint density at radius 1 is 1.00 bits per heavy atom. The lowest BCUT2D eigenvalue weighted by atomic mass is 10.0. The van der Waals surface area contributed by atoms with E-state index in [9.17, 15) is 23.3 Å². The van der Waals surface area contributed by atoms with Gasteiger partial charge < -0.3 is 14.8 Å². The van der Waals surface area contributed by atoms with Crippen molar-refractivity contribution >= 4 is 27.3 Å². The molecule has 0 radical (unpaired) electrons. The summed E-state index contributed by atoms with van der Waals surface area (Å²) >= 11 is 0. The van der Waals surface area contributed by atoms with Crippen molar-refractivity contribution in [2.45, 2.75) is 24.8 Å². The van der Waals surface area contributed by atoms with Gasteiger partial charge in [0.1, 0.15) is 11.5 Å². The quantitative estimate of drug-likeness (QED) is 0.332. The van der Waals surface area contributed by atoms with Gasteiger partial charge in [0.25, 0.3) is 21.6 Å². The number of benzene rings is 3. The fourth-order valence-electron chi connectivity index (χ4n) is 3.45. The van der Waals surface area contributed by atoms with Crippen LogP contribution in [0.25, 0.3) is 0 Å². The summed E-state index contributed by atoms with van der Waals surface area (Å²) in [4.78, 5) is 23.2. The van der Waals surface area contributed by atoms with Gasteiger partial charge >= 0.3 is 0 Å². The van der Waals surface area contributed by atoms with Crippen LogP contribution in [0.5, 0.6) is 11.5 Å². The SMILES string of the molecule is COc1ccc([N+](=O)[O-])cc1NS(=O)(=O)c1cccc(C(=O)NC(C)c2cc(C)ccc2OC)c1. The maximum Gasteiger partial charge on any atom is 0.271 e. The Morgan fingerprint density at radius 2 is 1.69 bits per heavy atom. The minimum absolute atomic E-state index is 0.100. The first-order valence-corrected chi connectivity index (χ1v) is 11.9. The average molecular weight is 500 g/mol. The monoisotopic (exact) mass is 499 g/mol. The van der Waals surface area contributed by atoms with E-state index in [1.54, 1.807) is 14.0 Å². The zero-order valence-electron chi connectivity index (χ0n) is 19.6. The van der Waals surface area contributed by atoms with Gasteiger partial charge in [-0.05, 0) is 44.2 Å². The Labute approximate surface area is 203 Å². The number of nitrogens with zero attached hydrogens (tertiary/aromatic N) is 1. The third-order valence-corrected chi connectivity index (χ3v) is 6.61. The number of aryl methyl sites for hydroxylation is 1.